The maximum atomic E-state index is 12.2. The third-order valence-electron chi connectivity index (χ3n) is 2.44. The van der Waals surface area contributed by atoms with Crippen molar-refractivity contribution >= 4 is 18.0 Å². The van der Waals surface area contributed by atoms with Gasteiger partial charge in [0.25, 0.3) is 0 Å². The first-order valence-corrected chi connectivity index (χ1v) is 6.88. The maximum absolute atomic E-state index is 12.2. The van der Waals surface area contributed by atoms with Crippen LogP contribution in [0.5, 0.6) is 0 Å². The molecule has 7 heteroatoms. The Kier molecular flexibility index (Phi) is 7.18. The number of ether oxygens (including phenoxy) is 1. The number of alkyl carbamates (subject to hydrolysis) is 1. The number of rotatable bonds is 6. The third-order valence-corrected chi connectivity index (χ3v) is 2.44. The van der Waals surface area contributed by atoms with E-state index in [-0.39, 0.29) is 5.92 Å². The predicted molar refractivity (Wildman–Crippen MR) is 77.9 cm³/mol. The number of likely N-dealkylation sites (N-methyl/N-ethyl adjacent to an activating group) is 1. The number of hydrogen-bond acceptors (Lipinski definition) is 4. The van der Waals surface area contributed by atoms with Crippen LogP contribution in [0.1, 0.15) is 41.0 Å². The molecule has 0 unspecified atom stereocenters. The second-order valence-electron chi connectivity index (χ2n) is 6.42. The normalized spacial score (nSPS) is 12.7. The molecule has 1 atom stereocenters. The Hall–Kier alpha value is -1.79. The average molecular weight is 302 g/mol. The summed E-state index contributed by atoms with van der Waals surface area (Å²) in [5.74, 6) is -1.39. The quantitative estimate of drug-likeness (QED) is 0.774. The fraction of sp³-hybridized carbons (Fsp3) is 0.786. The summed E-state index contributed by atoms with van der Waals surface area (Å²) in [5.41, 5.74) is -0.664. The highest BCUT2D eigenvalue weighted by Crippen LogP contribution is 2.10. The van der Waals surface area contributed by atoms with E-state index in [1.807, 2.05) is 13.8 Å². The van der Waals surface area contributed by atoms with E-state index in [1.165, 1.54) is 7.05 Å². The number of carboxylic acid groups (broad SMARTS) is 1. The predicted octanol–water partition coefficient (Wildman–Crippen LogP) is 1.47. The van der Waals surface area contributed by atoms with Crippen LogP contribution in [-0.4, -0.2) is 53.2 Å². The van der Waals surface area contributed by atoms with Gasteiger partial charge in [0.1, 0.15) is 18.2 Å². The molecule has 0 saturated heterocycles. The highest BCUT2D eigenvalue weighted by atomic mass is 16.6. The van der Waals surface area contributed by atoms with Gasteiger partial charge in [-0.15, -0.1) is 0 Å². The van der Waals surface area contributed by atoms with Gasteiger partial charge in [0.05, 0.1) is 0 Å². The summed E-state index contributed by atoms with van der Waals surface area (Å²) in [5, 5.41) is 11.2. The van der Waals surface area contributed by atoms with Crippen molar-refractivity contribution in [3.8, 4) is 0 Å². The van der Waals surface area contributed by atoms with Crippen molar-refractivity contribution in [1.82, 2.24) is 10.2 Å². The van der Waals surface area contributed by atoms with Crippen LogP contribution in [0.25, 0.3) is 0 Å². The van der Waals surface area contributed by atoms with E-state index in [2.05, 4.69) is 5.32 Å². The molecule has 0 aromatic carbocycles. The minimum atomic E-state index is -1.11. The SMILES string of the molecule is CC(C)C[C@H](NC(=O)OC(C)(C)C)C(=O)N(C)CC(=O)O. The summed E-state index contributed by atoms with van der Waals surface area (Å²) in [6, 6.07) is -0.802. The Balaban J connectivity index is 4.83. The first-order chi connectivity index (χ1) is 9.42. The summed E-state index contributed by atoms with van der Waals surface area (Å²) < 4.78 is 5.12. The van der Waals surface area contributed by atoms with Crippen molar-refractivity contribution < 1.29 is 24.2 Å². The number of hydrogen-bond donors (Lipinski definition) is 2. The second kappa shape index (κ2) is 7.85. The molecule has 0 spiro atoms. The van der Waals surface area contributed by atoms with Gasteiger partial charge >= 0.3 is 12.1 Å². The standard InChI is InChI=1S/C14H26N2O5/c1-9(2)7-10(12(19)16(6)8-11(17)18)15-13(20)21-14(3,4)5/h9-10H,7-8H2,1-6H3,(H,15,20)(H,17,18)/t10-/m0/s1. The third kappa shape index (κ3) is 8.88. The molecule has 0 bridgehead atoms. The number of carbonyl (C=O) groups excluding carboxylic acids is 2. The lowest BCUT2D eigenvalue weighted by molar-refractivity contribution is -0.144. The zero-order valence-electron chi connectivity index (χ0n) is 13.6. The average Bonchev–Trinajstić information content (AvgIpc) is 2.22. The van der Waals surface area contributed by atoms with Crippen LogP contribution in [0.2, 0.25) is 0 Å². The van der Waals surface area contributed by atoms with E-state index in [0.29, 0.717) is 6.42 Å². The smallest absolute Gasteiger partial charge is 0.408 e. The molecule has 0 fully saturated rings. The van der Waals surface area contributed by atoms with Crippen LogP contribution in [-0.2, 0) is 14.3 Å². The van der Waals surface area contributed by atoms with Gasteiger partial charge in [-0.1, -0.05) is 13.8 Å². The minimum absolute atomic E-state index is 0.159. The monoisotopic (exact) mass is 302 g/mol. The Morgan fingerprint density at radius 2 is 1.76 bits per heavy atom. The summed E-state index contributed by atoms with van der Waals surface area (Å²) in [6.07, 6.45) is -0.285. The first kappa shape index (κ1) is 19.2. The number of nitrogens with one attached hydrogen (secondary N) is 1. The Morgan fingerprint density at radius 3 is 2.14 bits per heavy atom. The van der Waals surface area contributed by atoms with Crippen molar-refractivity contribution in [1.29, 1.82) is 0 Å². The highest BCUT2D eigenvalue weighted by Gasteiger charge is 2.27. The lowest BCUT2D eigenvalue weighted by Gasteiger charge is -2.26. The molecule has 0 aliphatic heterocycles. The number of nitrogens with zero attached hydrogens (tertiary/aromatic N) is 1. The molecule has 0 aromatic rings. The fourth-order valence-electron chi connectivity index (χ4n) is 1.69. The molecular formula is C14H26N2O5. The largest absolute Gasteiger partial charge is 0.480 e. The number of amides is 2. The van der Waals surface area contributed by atoms with Gasteiger partial charge < -0.3 is 20.1 Å². The minimum Gasteiger partial charge on any atom is -0.480 e. The zero-order chi connectivity index (χ0) is 16.8. The molecule has 0 rings (SSSR count). The Morgan fingerprint density at radius 1 is 1.24 bits per heavy atom. The van der Waals surface area contributed by atoms with Gasteiger partial charge in [-0.3, -0.25) is 9.59 Å². The van der Waals surface area contributed by atoms with Gasteiger partial charge in [0, 0.05) is 7.05 Å². The number of carboxylic acids is 1. The van der Waals surface area contributed by atoms with E-state index in [4.69, 9.17) is 9.84 Å². The van der Waals surface area contributed by atoms with Crippen molar-refractivity contribution in [2.24, 2.45) is 5.92 Å². The van der Waals surface area contributed by atoms with Crippen LogP contribution in [0.4, 0.5) is 4.79 Å². The van der Waals surface area contributed by atoms with Crippen molar-refractivity contribution in [2.45, 2.75) is 52.7 Å². The van der Waals surface area contributed by atoms with E-state index in [0.717, 1.165) is 4.90 Å². The summed E-state index contributed by atoms with van der Waals surface area (Å²) >= 11 is 0. The summed E-state index contributed by atoms with van der Waals surface area (Å²) in [7, 11) is 1.39. The van der Waals surface area contributed by atoms with Crippen LogP contribution < -0.4 is 5.32 Å². The molecular weight excluding hydrogens is 276 g/mol. The molecule has 0 aliphatic carbocycles. The topological polar surface area (TPSA) is 95.9 Å². The second-order valence-corrected chi connectivity index (χ2v) is 6.42. The van der Waals surface area contributed by atoms with Gasteiger partial charge in [-0.2, -0.15) is 0 Å². The molecule has 21 heavy (non-hydrogen) atoms. The molecule has 122 valence electrons. The zero-order valence-corrected chi connectivity index (χ0v) is 13.6. The van der Waals surface area contributed by atoms with Crippen LogP contribution in [0, 0.1) is 5.92 Å². The Bertz CT molecular complexity index is 387. The van der Waals surface area contributed by atoms with E-state index in [1.54, 1.807) is 20.8 Å². The molecule has 0 aromatic heterocycles. The molecule has 2 N–H and O–H groups in total. The molecule has 0 aliphatic rings. The molecule has 0 saturated carbocycles. The van der Waals surface area contributed by atoms with Crippen molar-refractivity contribution in [2.75, 3.05) is 13.6 Å². The van der Waals surface area contributed by atoms with E-state index in [9.17, 15) is 14.4 Å². The summed E-state index contributed by atoms with van der Waals surface area (Å²) in [6.45, 7) is 8.58. The summed E-state index contributed by atoms with van der Waals surface area (Å²) in [4.78, 5) is 35.7. The molecule has 7 nitrogen and oxygen atoms in total. The van der Waals surface area contributed by atoms with E-state index < -0.39 is 36.2 Å². The van der Waals surface area contributed by atoms with Gasteiger partial charge in [0.2, 0.25) is 5.91 Å². The van der Waals surface area contributed by atoms with Crippen LogP contribution in [0.3, 0.4) is 0 Å². The number of aliphatic carboxylic acids is 1. The maximum Gasteiger partial charge on any atom is 0.408 e. The van der Waals surface area contributed by atoms with Gasteiger partial charge in [-0.25, -0.2) is 4.79 Å². The lowest BCUT2D eigenvalue weighted by atomic mass is 10.0. The van der Waals surface area contributed by atoms with Crippen molar-refractivity contribution in [3.05, 3.63) is 0 Å². The van der Waals surface area contributed by atoms with Crippen LogP contribution in [0.15, 0.2) is 0 Å². The molecule has 2 amide bonds. The van der Waals surface area contributed by atoms with Gasteiger partial charge in [0.15, 0.2) is 0 Å². The highest BCUT2D eigenvalue weighted by molar-refractivity contribution is 5.87. The molecule has 0 radical (unpaired) electrons. The first-order valence-electron chi connectivity index (χ1n) is 6.88. The van der Waals surface area contributed by atoms with Crippen LogP contribution >= 0.6 is 0 Å². The number of carbonyl (C=O) groups is 3. The lowest BCUT2D eigenvalue weighted by Crippen LogP contribution is -2.50. The van der Waals surface area contributed by atoms with Crippen molar-refractivity contribution in [3.63, 3.8) is 0 Å². The Labute approximate surface area is 125 Å². The molecule has 0 heterocycles. The van der Waals surface area contributed by atoms with E-state index >= 15 is 0 Å². The fourth-order valence-corrected chi connectivity index (χ4v) is 1.69. The van der Waals surface area contributed by atoms with Gasteiger partial charge in [-0.05, 0) is 33.1 Å².